The number of hydrogen-bond acceptors (Lipinski definition) is 4. The molecule has 0 saturated heterocycles. The molecule has 3 atom stereocenters. The molecular weight excluding hydrogens is 387 g/mol. The van der Waals surface area contributed by atoms with Crippen molar-refractivity contribution in [2.75, 3.05) is 6.61 Å². The summed E-state index contributed by atoms with van der Waals surface area (Å²) in [5, 5.41) is 18.8. The summed E-state index contributed by atoms with van der Waals surface area (Å²) in [4.78, 5) is 11.8. The van der Waals surface area contributed by atoms with Gasteiger partial charge in [0.1, 0.15) is 5.41 Å². The van der Waals surface area contributed by atoms with Gasteiger partial charge in [-0.15, -0.1) is 0 Å². The molecule has 2 N–H and O–H groups in total. The van der Waals surface area contributed by atoms with Crippen LogP contribution >= 0.6 is 23.2 Å². The van der Waals surface area contributed by atoms with Gasteiger partial charge in [-0.3, -0.25) is 4.79 Å². The number of carboxylic acid groups (broad SMARTS) is 1. The van der Waals surface area contributed by atoms with Crippen LogP contribution in [0.25, 0.3) is 0 Å². The lowest BCUT2D eigenvalue weighted by Gasteiger charge is -2.09. The van der Waals surface area contributed by atoms with E-state index in [9.17, 15) is 23.4 Å². The molecule has 0 spiro atoms. The number of halogens is 2. The van der Waals surface area contributed by atoms with E-state index in [1.165, 1.54) is 30.3 Å². The highest BCUT2D eigenvalue weighted by molar-refractivity contribution is 7.92. The first kappa shape index (κ1) is 18.2. The van der Waals surface area contributed by atoms with E-state index in [1.54, 1.807) is 18.2 Å². The van der Waals surface area contributed by atoms with Crippen molar-refractivity contribution in [3.8, 4) is 0 Å². The maximum Gasteiger partial charge on any atom is 0.314 e. The summed E-state index contributed by atoms with van der Waals surface area (Å²) in [6.07, 6.45) is 0. The summed E-state index contributed by atoms with van der Waals surface area (Å²) >= 11 is 11.7. The van der Waals surface area contributed by atoms with Crippen molar-refractivity contribution in [3.05, 3.63) is 64.1 Å². The molecule has 0 unspecified atom stereocenters. The number of rotatable bonds is 5. The Bertz CT molecular complexity index is 926. The smallest absolute Gasteiger partial charge is 0.314 e. The maximum atomic E-state index is 13.0. The van der Waals surface area contributed by atoms with Crippen molar-refractivity contribution in [3.63, 3.8) is 0 Å². The van der Waals surface area contributed by atoms with Crippen molar-refractivity contribution in [1.82, 2.24) is 0 Å². The molecule has 0 bridgehead atoms. The lowest BCUT2D eigenvalue weighted by atomic mass is 10.0. The number of aliphatic carboxylic acids is 1. The molecule has 1 saturated carbocycles. The van der Waals surface area contributed by atoms with Crippen LogP contribution in [-0.2, 0) is 14.6 Å². The summed E-state index contributed by atoms with van der Waals surface area (Å²) in [6, 6.07) is 11.9. The summed E-state index contributed by atoms with van der Waals surface area (Å²) in [7, 11) is -4.00. The second kappa shape index (κ2) is 6.29. The fourth-order valence-electron chi connectivity index (χ4n) is 3.31. The van der Waals surface area contributed by atoms with E-state index in [4.69, 9.17) is 23.2 Å². The Morgan fingerprint density at radius 2 is 1.72 bits per heavy atom. The Morgan fingerprint density at radius 3 is 2.24 bits per heavy atom. The molecule has 0 aromatic heterocycles. The van der Waals surface area contributed by atoms with Crippen LogP contribution in [0.4, 0.5) is 0 Å². The number of carboxylic acids is 1. The van der Waals surface area contributed by atoms with Crippen molar-refractivity contribution >= 4 is 39.0 Å². The fourth-order valence-corrected chi connectivity index (χ4v) is 6.00. The standard InChI is InChI=1S/C17H14Cl2O5S/c18-11-4-6-13(7-5-11)25(23,24)15-14(17(15,9-20)16(21)22)10-2-1-3-12(19)8-10/h1-8,14-15,20H,9H2,(H,21,22)/t14-,15-,17-/m1/s1. The van der Waals surface area contributed by atoms with Crippen molar-refractivity contribution in [2.24, 2.45) is 5.41 Å². The number of sulfone groups is 1. The topological polar surface area (TPSA) is 91.7 Å². The Labute approximate surface area is 154 Å². The third-order valence-electron chi connectivity index (χ3n) is 4.60. The van der Waals surface area contributed by atoms with E-state index in [0.29, 0.717) is 15.6 Å². The third-order valence-corrected chi connectivity index (χ3v) is 7.38. The van der Waals surface area contributed by atoms with Crippen LogP contribution in [0.2, 0.25) is 10.0 Å². The number of hydrogen-bond donors (Lipinski definition) is 2. The van der Waals surface area contributed by atoms with Crippen LogP contribution in [0, 0.1) is 5.41 Å². The lowest BCUT2D eigenvalue weighted by Crippen LogP contribution is -2.27. The lowest BCUT2D eigenvalue weighted by molar-refractivity contribution is -0.145. The van der Waals surface area contributed by atoms with Crippen molar-refractivity contribution in [2.45, 2.75) is 16.1 Å². The predicted octanol–water partition coefficient (Wildman–Crippen LogP) is 3.00. The number of aliphatic hydroxyl groups is 1. The molecule has 132 valence electrons. The van der Waals surface area contributed by atoms with Crippen LogP contribution in [0.5, 0.6) is 0 Å². The fraction of sp³-hybridized carbons (Fsp3) is 0.235. The zero-order valence-corrected chi connectivity index (χ0v) is 15.1. The SMILES string of the molecule is O=C(O)[C@]1(CO)[C@H](c2cccc(Cl)c2)[C@H]1S(=O)(=O)c1ccc(Cl)cc1. The summed E-state index contributed by atoms with van der Waals surface area (Å²) < 4.78 is 26.0. The number of aliphatic hydroxyl groups excluding tert-OH is 1. The Morgan fingerprint density at radius 1 is 1.08 bits per heavy atom. The highest BCUT2D eigenvalue weighted by Crippen LogP contribution is 2.64. The molecule has 3 rings (SSSR count). The van der Waals surface area contributed by atoms with Gasteiger partial charge in [-0.05, 0) is 42.0 Å². The van der Waals surface area contributed by atoms with Gasteiger partial charge in [0.15, 0.2) is 9.84 Å². The second-order valence-electron chi connectivity index (χ2n) is 5.96. The van der Waals surface area contributed by atoms with Crippen LogP contribution in [0.15, 0.2) is 53.4 Å². The number of carbonyl (C=O) groups is 1. The van der Waals surface area contributed by atoms with Gasteiger partial charge in [0, 0.05) is 16.0 Å². The zero-order chi connectivity index (χ0) is 18.4. The molecule has 2 aromatic rings. The van der Waals surface area contributed by atoms with Gasteiger partial charge in [0.25, 0.3) is 0 Å². The van der Waals surface area contributed by atoms with Crippen LogP contribution in [0.3, 0.4) is 0 Å². The highest BCUT2D eigenvalue weighted by Gasteiger charge is 2.75. The van der Waals surface area contributed by atoms with E-state index in [-0.39, 0.29) is 4.90 Å². The maximum absolute atomic E-state index is 13.0. The normalized spacial score (nSPS) is 25.6. The largest absolute Gasteiger partial charge is 0.481 e. The average molecular weight is 401 g/mol. The summed E-state index contributed by atoms with van der Waals surface area (Å²) in [6.45, 7) is -0.795. The molecule has 5 nitrogen and oxygen atoms in total. The minimum absolute atomic E-state index is 0.0366. The van der Waals surface area contributed by atoms with Gasteiger partial charge < -0.3 is 10.2 Å². The van der Waals surface area contributed by atoms with Gasteiger partial charge in [0.2, 0.25) is 0 Å². The first-order valence-corrected chi connectivity index (χ1v) is 9.64. The molecule has 8 heteroatoms. The molecule has 1 aliphatic rings. The van der Waals surface area contributed by atoms with Crippen molar-refractivity contribution < 1.29 is 23.4 Å². The minimum Gasteiger partial charge on any atom is -0.481 e. The van der Waals surface area contributed by atoms with E-state index < -0.39 is 39.0 Å². The van der Waals surface area contributed by atoms with Crippen LogP contribution < -0.4 is 0 Å². The van der Waals surface area contributed by atoms with Crippen LogP contribution in [-0.4, -0.2) is 36.5 Å². The second-order valence-corrected chi connectivity index (χ2v) is 8.90. The predicted molar refractivity (Wildman–Crippen MR) is 93.8 cm³/mol. The van der Waals surface area contributed by atoms with E-state index in [0.717, 1.165) is 0 Å². The summed E-state index contributed by atoms with van der Waals surface area (Å²) in [5.74, 6) is -2.25. The first-order valence-electron chi connectivity index (χ1n) is 7.34. The minimum atomic E-state index is -4.00. The molecule has 25 heavy (non-hydrogen) atoms. The summed E-state index contributed by atoms with van der Waals surface area (Å²) in [5.41, 5.74) is -1.34. The Balaban J connectivity index is 2.12. The molecule has 0 amide bonds. The monoisotopic (exact) mass is 400 g/mol. The molecule has 1 fully saturated rings. The van der Waals surface area contributed by atoms with E-state index >= 15 is 0 Å². The molecule has 0 aliphatic heterocycles. The van der Waals surface area contributed by atoms with Gasteiger partial charge in [-0.2, -0.15) is 0 Å². The molecule has 2 aromatic carbocycles. The highest BCUT2D eigenvalue weighted by atomic mass is 35.5. The molecule has 0 heterocycles. The number of benzene rings is 2. The van der Waals surface area contributed by atoms with Crippen molar-refractivity contribution in [1.29, 1.82) is 0 Å². The third kappa shape index (κ3) is 2.83. The zero-order valence-electron chi connectivity index (χ0n) is 12.8. The molecule has 1 aliphatic carbocycles. The van der Waals surface area contributed by atoms with Gasteiger partial charge >= 0.3 is 5.97 Å². The van der Waals surface area contributed by atoms with Gasteiger partial charge in [-0.25, -0.2) is 8.42 Å². The van der Waals surface area contributed by atoms with E-state index in [1.807, 2.05) is 0 Å². The quantitative estimate of drug-likeness (QED) is 0.804. The van der Waals surface area contributed by atoms with E-state index in [2.05, 4.69) is 0 Å². The Kier molecular flexibility index (Phi) is 4.58. The molecular formula is C17H14Cl2O5S. The Hall–Kier alpha value is -1.60. The molecule has 0 radical (unpaired) electrons. The average Bonchev–Trinajstić information content (AvgIpc) is 3.27. The van der Waals surface area contributed by atoms with Gasteiger partial charge in [0.05, 0.1) is 16.8 Å². The van der Waals surface area contributed by atoms with Crippen LogP contribution in [0.1, 0.15) is 11.5 Å². The van der Waals surface area contributed by atoms with Gasteiger partial charge in [-0.1, -0.05) is 35.3 Å². The first-order chi connectivity index (χ1) is 11.7.